The molecule has 5 heteroatoms. The maximum Gasteiger partial charge on any atom is 0.240 e. The molecule has 1 aromatic carbocycles. The molecule has 2 heterocycles. The van der Waals surface area contributed by atoms with E-state index in [1.807, 2.05) is 42.5 Å². The van der Waals surface area contributed by atoms with Crippen molar-refractivity contribution in [3.05, 3.63) is 54.9 Å². The zero-order chi connectivity index (χ0) is 17.5. The minimum absolute atomic E-state index is 0.536. The molecule has 0 amide bonds. The molecule has 0 bridgehead atoms. The zero-order valence-corrected chi connectivity index (χ0v) is 14.5. The topological polar surface area (TPSA) is 73.1 Å². The molecule has 3 N–H and O–H groups in total. The van der Waals surface area contributed by atoms with E-state index in [4.69, 9.17) is 10.5 Å². The van der Waals surface area contributed by atoms with Crippen LogP contribution in [0.5, 0.6) is 5.88 Å². The number of methoxy groups -OCH3 is 1. The molecule has 0 spiro atoms. The fraction of sp³-hybridized carbons (Fsp3) is 0.300. The maximum atomic E-state index is 5.53. The van der Waals surface area contributed by atoms with E-state index in [0.29, 0.717) is 11.9 Å². The Hall–Kier alpha value is -2.66. The minimum Gasteiger partial charge on any atom is -0.479 e. The van der Waals surface area contributed by atoms with Crippen LogP contribution in [0.25, 0.3) is 10.9 Å². The van der Waals surface area contributed by atoms with Crippen molar-refractivity contribution in [2.24, 2.45) is 5.73 Å². The first kappa shape index (κ1) is 17.2. The van der Waals surface area contributed by atoms with Crippen LogP contribution in [0.4, 0.5) is 11.4 Å². The number of nitrogens with one attached hydrogen (secondary N) is 1. The van der Waals surface area contributed by atoms with Crippen LogP contribution in [0.3, 0.4) is 0 Å². The van der Waals surface area contributed by atoms with Gasteiger partial charge in [-0.05, 0) is 37.1 Å². The van der Waals surface area contributed by atoms with Gasteiger partial charge in [0.15, 0.2) is 0 Å². The van der Waals surface area contributed by atoms with Gasteiger partial charge in [0.25, 0.3) is 0 Å². The van der Waals surface area contributed by atoms with Crippen LogP contribution in [0.1, 0.15) is 25.7 Å². The highest BCUT2D eigenvalue weighted by molar-refractivity contribution is 5.95. The monoisotopic (exact) mass is 336 g/mol. The number of nitrogens with two attached hydrogens (primary N) is 1. The smallest absolute Gasteiger partial charge is 0.240 e. The second kappa shape index (κ2) is 8.44. The van der Waals surface area contributed by atoms with Gasteiger partial charge in [0.1, 0.15) is 5.52 Å². The number of ether oxygens (including phenoxy) is 1. The lowest BCUT2D eigenvalue weighted by Gasteiger charge is -2.10. The fourth-order valence-electron chi connectivity index (χ4n) is 2.95. The number of hydrogen-bond donors (Lipinski definition) is 2. The van der Waals surface area contributed by atoms with Crippen molar-refractivity contribution in [2.45, 2.75) is 31.7 Å². The molecule has 1 aliphatic rings. The molecule has 0 radical (unpaired) electrons. The Labute approximate surface area is 148 Å². The van der Waals surface area contributed by atoms with Crippen molar-refractivity contribution in [3.63, 3.8) is 0 Å². The Bertz CT molecular complexity index is 801. The van der Waals surface area contributed by atoms with Crippen LogP contribution < -0.4 is 15.8 Å². The van der Waals surface area contributed by atoms with E-state index in [0.717, 1.165) is 22.3 Å². The standard InChI is InChI=1S/C15H13N3O.C5H11N/c1-19-15-14-12(7-9-17-15)13(8-10-16-14)18-11-5-3-2-4-6-11;6-5-3-1-2-4-5/h2-10H,1H3,(H,16,18);5H,1-4,6H2. The lowest BCUT2D eigenvalue weighted by atomic mass is 10.2. The summed E-state index contributed by atoms with van der Waals surface area (Å²) in [4.78, 5) is 8.49. The van der Waals surface area contributed by atoms with Crippen molar-refractivity contribution < 1.29 is 4.74 Å². The number of hydrogen-bond acceptors (Lipinski definition) is 5. The molecule has 1 aliphatic carbocycles. The second-order valence-electron chi connectivity index (χ2n) is 6.11. The van der Waals surface area contributed by atoms with Crippen molar-refractivity contribution in [1.29, 1.82) is 0 Å². The van der Waals surface area contributed by atoms with Gasteiger partial charge in [-0.15, -0.1) is 0 Å². The van der Waals surface area contributed by atoms with Gasteiger partial charge in [-0.3, -0.25) is 4.98 Å². The van der Waals surface area contributed by atoms with Gasteiger partial charge in [-0.1, -0.05) is 31.0 Å². The van der Waals surface area contributed by atoms with E-state index in [1.54, 1.807) is 19.5 Å². The van der Waals surface area contributed by atoms with Crippen LogP contribution >= 0.6 is 0 Å². The third-order valence-electron chi connectivity index (χ3n) is 4.27. The molecule has 0 aliphatic heterocycles. The largest absolute Gasteiger partial charge is 0.479 e. The Kier molecular flexibility index (Phi) is 5.80. The summed E-state index contributed by atoms with van der Waals surface area (Å²) in [5.41, 5.74) is 8.31. The predicted molar refractivity (Wildman–Crippen MR) is 102 cm³/mol. The summed E-state index contributed by atoms with van der Waals surface area (Å²) in [6.07, 6.45) is 8.72. The summed E-state index contributed by atoms with van der Waals surface area (Å²) in [5.74, 6) is 0.536. The molecule has 3 aromatic rings. The summed E-state index contributed by atoms with van der Waals surface area (Å²) >= 11 is 0. The van der Waals surface area contributed by atoms with E-state index in [1.165, 1.54) is 25.7 Å². The Morgan fingerprint density at radius 1 is 1.00 bits per heavy atom. The van der Waals surface area contributed by atoms with Crippen LogP contribution in [-0.4, -0.2) is 23.1 Å². The maximum absolute atomic E-state index is 5.53. The van der Waals surface area contributed by atoms with Gasteiger partial charge in [-0.2, -0.15) is 0 Å². The van der Waals surface area contributed by atoms with Gasteiger partial charge in [0.2, 0.25) is 5.88 Å². The fourth-order valence-corrected chi connectivity index (χ4v) is 2.95. The first-order chi connectivity index (χ1) is 12.3. The summed E-state index contributed by atoms with van der Waals surface area (Å²) in [6.45, 7) is 0. The van der Waals surface area contributed by atoms with Gasteiger partial charge in [-0.25, -0.2) is 4.98 Å². The van der Waals surface area contributed by atoms with E-state index in [9.17, 15) is 0 Å². The normalized spacial score (nSPS) is 14.0. The third kappa shape index (κ3) is 4.45. The highest BCUT2D eigenvalue weighted by Gasteiger charge is 2.08. The summed E-state index contributed by atoms with van der Waals surface area (Å²) in [6, 6.07) is 14.4. The molecular formula is C20H24N4O. The number of nitrogens with zero attached hydrogens (tertiary/aromatic N) is 2. The van der Waals surface area contributed by atoms with Crippen molar-refractivity contribution in [2.75, 3.05) is 12.4 Å². The molecule has 1 fully saturated rings. The average molecular weight is 336 g/mol. The molecular weight excluding hydrogens is 312 g/mol. The number of pyridine rings is 2. The lowest BCUT2D eigenvalue weighted by molar-refractivity contribution is 0.402. The quantitative estimate of drug-likeness (QED) is 0.747. The second-order valence-corrected chi connectivity index (χ2v) is 6.11. The molecule has 0 saturated heterocycles. The van der Waals surface area contributed by atoms with Crippen LogP contribution in [-0.2, 0) is 0 Å². The molecule has 2 aromatic heterocycles. The highest BCUT2D eigenvalue weighted by Crippen LogP contribution is 2.28. The summed E-state index contributed by atoms with van der Waals surface area (Å²) in [7, 11) is 1.60. The van der Waals surface area contributed by atoms with Gasteiger partial charge < -0.3 is 15.8 Å². The summed E-state index contributed by atoms with van der Waals surface area (Å²) < 4.78 is 5.23. The third-order valence-corrected chi connectivity index (χ3v) is 4.27. The van der Waals surface area contributed by atoms with Crippen LogP contribution in [0, 0.1) is 0 Å². The first-order valence-corrected chi connectivity index (χ1v) is 8.63. The predicted octanol–water partition coefficient (Wildman–Crippen LogP) is 4.27. The van der Waals surface area contributed by atoms with Crippen molar-refractivity contribution in [1.82, 2.24) is 9.97 Å². The number of aromatic nitrogens is 2. The number of para-hydroxylation sites is 1. The number of fused-ring (bicyclic) bond motifs is 1. The van der Waals surface area contributed by atoms with E-state index in [-0.39, 0.29) is 0 Å². The Morgan fingerprint density at radius 3 is 2.36 bits per heavy atom. The molecule has 130 valence electrons. The molecule has 0 unspecified atom stereocenters. The lowest BCUT2D eigenvalue weighted by Crippen LogP contribution is -2.13. The Balaban J connectivity index is 0.000000258. The van der Waals surface area contributed by atoms with E-state index >= 15 is 0 Å². The van der Waals surface area contributed by atoms with Gasteiger partial charge in [0, 0.05) is 35.2 Å². The Morgan fingerprint density at radius 2 is 1.72 bits per heavy atom. The molecule has 5 nitrogen and oxygen atoms in total. The van der Waals surface area contributed by atoms with E-state index in [2.05, 4.69) is 15.3 Å². The molecule has 4 rings (SSSR count). The molecule has 1 saturated carbocycles. The van der Waals surface area contributed by atoms with Gasteiger partial charge in [0.05, 0.1) is 7.11 Å². The number of anilines is 2. The first-order valence-electron chi connectivity index (χ1n) is 8.63. The van der Waals surface area contributed by atoms with E-state index < -0.39 is 0 Å². The number of rotatable bonds is 3. The van der Waals surface area contributed by atoms with Gasteiger partial charge >= 0.3 is 0 Å². The highest BCUT2D eigenvalue weighted by atomic mass is 16.5. The van der Waals surface area contributed by atoms with Crippen LogP contribution in [0.15, 0.2) is 54.9 Å². The summed E-state index contributed by atoms with van der Waals surface area (Å²) in [5, 5.41) is 4.36. The SMILES string of the molecule is COc1nccc2c(Nc3ccccc3)ccnc12.NC1CCCC1. The number of benzene rings is 1. The average Bonchev–Trinajstić information content (AvgIpc) is 3.14. The molecule has 25 heavy (non-hydrogen) atoms. The zero-order valence-electron chi connectivity index (χ0n) is 14.5. The van der Waals surface area contributed by atoms with Crippen molar-refractivity contribution in [3.8, 4) is 5.88 Å². The minimum atomic E-state index is 0.536. The van der Waals surface area contributed by atoms with Crippen LogP contribution in [0.2, 0.25) is 0 Å². The van der Waals surface area contributed by atoms with Crippen molar-refractivity contribution >= 4 is 22.3 Å². The molecule has 0 atom stereocenters.